The number of alkyl halides is 4. The van der Waals surface area contributed by atoms with Crippen molar-refractivity contribution in [2.24, 2.45) is 0 Å². The number of hydrogen-bond acceptors (Lipinski definition) is 4. The summed E-state index contributed by atoms with van der Waals surface area (Å²) in [5.41, 5.74) is 1.44. The minimum absolute atomic E-state index is 0.196. The Kier molecular flexibility index (Phi) is 7.71. The first-order valence-corrected chi connectivity index (χ1v) is 9.51. The third kappa shape index (κ3) is 6.61. The molecular formula is C21H24F4N2O2. The third-order valence-corrected chi connectivity index (χ3v) is 4.85. The van der Waals surface area contributed by atoms with Crippen LogP contribution in [0, 0.1) is 0 Å². The minimum Gasteiger partial charge on any atom is -0.434 e. The lowest BCUT2D eigenvalue weighted by atomic mass is 10.2. The fourth-order valence-corrected chi connectivity index (χ4v) is 3.51. The van der Waals surface area contributed by atoms with Gasteiger partial charge in [-0.15, -0.1) is 0 Å². The molecule has 1 fully saturated rings. The summed E-state index contributed by atoms with van der Waals surface area (Å²) in [6, 6.07) is 13.6. The second kappa shape index (κ2) is 10.5. The summed E-state index contributed by atoms with van der Waals surface area (Å²) in [7, 11) is 0. The molecule has 0 N–H and O–H groups in total. The van der Waals surface area contributed by atoms with Crippen molar-refractivity contribution in [3.63, 3.8) is 0 Å². The molecule has 2 aromatic carbocycles. The second-order valence-electron chi connectivity index (χ2n) is 6.88. The molecular weight excluding hydrogens is 388 g/mol. The zero-order valence-corrected chi connectivity index (χ0v) is 15.9. The largest absolute Gasteiger partial charge is 0.434 e. The molecule has 0 radical (unpaired) electrons. The molecule has 0 aliphatic carbocycles. The maximum atomic E-state index is 12.6. The van der Waals surface area contributed by atoms with Gasteiger partial charge >= 0.3 is 13.2 Å². The topological polar surface area (TPSA) is 24.9 Å². The van der Waals surface area contributed by atoms with Gasteiger partial charge in [-0.05, 0) is 31.6 Å². The lowest BCUT2D eigenvalue weighted by Gasteiger charge is -2.23. The number of nitrogens with zero attached hydrogens (tertiary/aromatic N) is 2. The van der Waals surface area contributed by atoms with Crippen molar-refractivity contribution in [3.05, 3.63) is 59.7 Å². The van der Waals surface area contributed by atoms with Crippen LogP contribution in [0.4, 0.5) is 17.6 Å². The number of rotatable bonds is 8. The van der Waals surface area contributed by atoms with E-state index in [-0.39, 0.29) is 11.5 Å². The fourth-order valence-electron chi connectivity index (χ4n) is 3.51. The molecule has 29 heavy (non-hydrogen) atoms. The highest BCUT2D eigenvalue weighted by Gasteiger charge is 2.19. The van der Waals surface area contributed by atoms with Crippen molar-refractivity contribution in [2.45, 2.75) is 32.7 Å². The number of halogens is 4. The standard InChI is InChI=1S/C21H24F4N2O2/c22-20(23)28-18-8-3-1-6-16(18)14-26-10-5-11-27(13-12-26)15-17-7-2-4-9-19(17)29-21(24)25/h1-4,6-9,20-21H,5,10-15H2. The predicted molar refractivity (Wildman–Crippen MR) is 101 cm³/mol. The molecule has 0 spiro atoms. The van der Waals surface area contributed by atoms with Crippen molar-refractivity contribution in [1.82, 2.24) is 9.80 Å². The van der Waals surface area contributed by atoms with E-state index in [9.17, 15) is 17.6 Å². The van der Waals surface area contributed by atoms with E-state index in [2.05, 4.69) is 19.3 Å². The molecule has 3 rings (SSSR count). The van der Waals surface area contributed by atoms with Gasteiger partial charge in [0.25, 0.3) is 0 Å². The number of ether oxygens (including phenoxy) is 2. The molecule has 0 bridgehead atoms. The highest BCUT2D eigenvalue weighted by Crippen LogP contribution is 2.24. The minimum atomic E-state index is -2.86. The summed E-state index contributed by atoms with van der Waals surface area (Å²) in [4.78, 5) is 4.38. The maximum absolute atomic E-state index is 12.6. The summed E-state index contributed by atoms with van der Waals surface area (Å²) in [5.74, 6) is 0.392. The Morgan fingerprint density at radius 1 is 0.655 bits per heavy atom. The molecule has 0 saturated carbocycles. The molecule has 1 aliphatic rings. The van der Waals surface area contributed by atoms with Gasteiger partial charge in [0.05, 0.1) is 0 Å². The van der Waals surface area contributed by atoms with Gasteiger partial charge in [-0.2, -0.15) is 17.6 Å². The molecule has 0 amide bonds. The molecule has 1 aliphatic heterocycles. The van der Waals surface area contributed by atoms with Crippen LogP contribution in [0.2, 0.25) is 0 Å². The van der Waals surface area contributed by atoms with E-state index >= 15 is 0 Å². The molecule has 0 aromatic heterocycles. The second-order valence-corrected chi connectivity index (χ2v) is 6.88. The average Bonchev–Trinajstić information content (AvgIpc) is 2.89. The van der Waals surface area contributed by atoms with Gasteiger partial charge < -0.3 is 9.47 Å². The Morgan fingerprint density at radius 3 is 1.48 bits per heavy atom. The Hall–Kier alpha value is -2.32. The Morgan fingerprint density at radius 2 is 1.07 bits per heavy atom. The van der Waals surface area contributed by atoms with E-state index in [0.29, 0.717) is 13.1 Å². The van der Waals surface area contributed by atoms with Gasteiger partial charge in [-0.25, -0.2) is 0 Å². The zero-order chi connectivity index (χ0) is 20.6. The molecule has 0 atom stereocenters. The Labute approximate surface area is 167 Å². The Balaban J connectivity index is 1.59. The Bertz CT molecular complexity index is 712. The van der Waals surface area contributed by atoms with Crippen molar-refractivity contribution in [2.75, 3.05) is 26.2 Å². The molecule has 1 saturated heterocycles. The highest BCUT2D eigenvalue weighted by molar-refractivity contribution is 5.34. The quantitative estimate of drug-likeness (QED) is 0.592. The van der Waals surface area contributed by atoms with Crippen LogP contribution >= 0.6 is 0 Å². The first-order valence-electron chi connectivity index (χ1n) is 9.51. The van der Waals surface area contributed by atoms with Gasteiger partial charge in [-0.1, -0.05) is 36.4 Å². The van der Waals surface area contributed by atoms with Crippen LogP contribution in [0.5, 0.6) is 11.5 Å². The van der Waals surface area contributed by atoms with Crippen LogP contribution in [0.1, 0.15) is 17.5 Å². The lowest BCUT2D eigenvalue weighted by Crippen LogP contribution is -2.30. The van der Waals surface area contributed by atoms with Gasteiger partial charge in [0.1, 0.15) is 11.5 Å². The molecule has 4 nitrogen and oxygen atoms in total. The van der Waals surface area contributed by atoms with E-state index in [4.69, 9.17) is 0 Å². The number of hydrogen-bond donors (Lipinski definition) is 0. The lowest BCUT2D eigenvalue weighted by molar-refractivity contribution is -0.0515. The maximum Gasteiger partial charge on any atom is 0.387 e. The van der Waals surface area contributed by atoms with E-state index in [1.807, 2.05) is 0 Å². The molecule has 8 heteroatoms. The highest BCUT2D eigenvalue weighted by atomic mass is 19.3. The van der Waals surface area contributed by atoms with Gasteiger partial charge in [-0.3, -0.25) is 9.80 Å². The monoisotopic (exact) mass is 412 g/mol. The van der Waals surface area contributed by atoms with E-state index in [1.165, 1.54) is 0 Å². The summed E-state index contributed by atoms with van der Waals surface area (Å²) in [6.45, 7) is -1.58. The molecule has 0 unspecified atom stereocenters. The smallest absolute Gasteiger partial charge is 0.387 e. The number of benzene rings is 2. The van der Waals surface area contributed by atoms with Gasteiger partial charge in [0.15, 0.2) is 0 Å². The van der Waals surface area contributed by atoms with Crippen molar-refractivity contribution in [3.8, 4) is 11.5 Å². The van der Waals surface area contributed by atoms with Crippen LogP contribution in [-0.4, -0.2) is 49.2 Å². The molecule has 2 aromatic rings. The SMILES string of the molecule is FC(F)Oc1ccccc1CN1CCCN(Cc2ccccc2OC(F)F)CC1. The fraction of sp³-hybridized carbons (Fsp3) is 0.429. The van der Waals surface area contributed by atoms with Crippen LogP contribution in [0.3, 0.4) is 0 Å². The van der Waals surface area contributed by atoms with E-state index < -0.39 is 13.2 Å². The first kappa shape index (κ1) is 21.4. The van der Waals surface area contributed by atoms with Crippen LogP contribution < -0.4 is 9.47 Å². The van der Waals surface area contributed by atoms with Crippen LogP contribution in [0.25, 0.3) is 0 Å². The van der Waals surface area contributed by atoms with Gasteiger partial charge in [0.2, 0.25) is 0 Å². The van der Waals surface area contributed by atoms with Crippen LogP contribution in [0.15, 0.2) is 48.5 Å². The third-order valence-electron chi connectivity index (χ3n) is 4.85. The summed E-state index contributed by atoms with van der Waals surface area (Å²) >= 11 is 0. The van der Waals surface area contributed by atoms with Crippen molar-refractivity contribution in [1.29, 1.82) is 0 Å². The summed E-state index contributed by atoms with van der Waals surface area (Å²) in [5, 5.41) is 0. The predicted octanol–water partition coefficient (Wildman–Crippen LogP) is 4.60. The molecule has 158 valence electrons. The number of para-hydroxylation sites is 2. The van der Waals surface area contributed by atoms with Crippen molar-refractivity contribution >= 4 is 0 Å². The average molecular weight is 412 g/mol. The normalized spacial score (nSPS) is 16.2. The van der Waals surface area contributed by atoms with Crippen molar-refractivity contribution < 1.29 is 27.0 Å². The van der Waals surface area contributed by atoms with E-state index in [0.717, 1.165) is 43.7 Å². The van der Waals surface area contributed by atoms with E-state index in [1.54, 1.807) is 48.5 Å². The summed E-state index contributed by atoms with van der Waals surface area (Å²) in [6.07, 6.45) is 0.885. The molecule has 1 heterocycles. The zero-order valence-electron chi connectivity index (χ0n) is 15.9. The van der Waals surface area contributed by atoms with Gasteiger partial charge in [0, 0.05) is 37.3 Å². The van der Waals surface area contributed by atoms with Crippen LogP contribution in [-0.2, 0) is 13.1 Å². The summed E-state index contributed by atoms with van der Waals surface area (Å²) < 4.78 is 59.7. The first-order chi connectivity index (χ1) is 14.0.